The van der Waals surface area contributed by atoms with E-state index in [0.717, 1.165) is 13.0 Å². The molecule has 0 radical (unpaired) electrons. The summed E-state index contributed by atoms with van der Waals surface area (Å²) in [6, 6.07) is 0.0116. The SMILES string of the molecule is C=NC(=O)C1C(CC)CN1C. The van der Waals surface area contributed by atoms with Crippen molar-refractivity contribution in [1.82, 2.24) is 4.90 Å². The Kier molecular flexibility index (Phi) is 2.39. The molecule has 2 unspecified atom stereocenters. The molecule has 0 spiro atoms. The van der Waals surface area contributed by atoms with Crippen LogP contribution in [0.25, 0.3) is 0 Å². The van der Waals surface area contributed by atoms with Crippen molar-refractivity contribution in [2.45, 2.75) is 19.4 Å². The van der Waals surface area contributed by atoms with Crippen molar-refractivity contribution in [3.8, 4) is 0 Å². The number of likely N-dealkylation sites (tertiary alicyclic amines) is 1. The lowest BCUT2D eigenvalue weighted by Gasteiger charge is -2.43. The minimum Gasteiger partial charge on any atom is -0.294 e. The van der Waals surface area contributed by atoms with Crippen LogP contribution in [-0.2, 0) is 4.79 Å². The quantitative estimate of drug-likeness (QED) is 0.544. The van der Waals surface area contributed by atoms with E-state index in [-0.39, 0.29) is 11.9 Å². The van der Waals surface area contributed by atoms with Gasteiger partial charge < -0.3 is 0 Å². The van der Waals surface area contributed by atoms with Crippen molar-refractivity contribution in [2.24, 2.45) is 10.9 Å². The van der Waals surface area contributed by atoms with E-state index in [0.29, 0.717) is 5.92 Å². The van der Waals surface area contributed by atoms with Crippen LogP contribution in [0.5, 0.6) is 0 Å². The predicted molar refractivity (Wildman–Crippen MR) is 44.8 cm³/mol. The van der Waals surface area contributed by atoms with E-state index < -0.39 is 0 Å². The van der Waals surface area contributed by atoms with Gasteiger partial charge in [-0.2, -0.15) is 0 Å². The maximum atomic E-state index is 11.1. The molecule has 1 fully saturated rings. The summed E-state index contributed by atoms with van der Waals surface area (Å²) in [5.74, 6) is 0.420. The van der Waals surface area contributed by atoms with Gasteiger partial charge in [-0.3, -0.25) is 9.69 Å². The largest absolute Gasteiger partial charge is 0.294 e. The topological polar surface area (TPSA) is 32.7 Å². The summed E-state index contributed by atoms with van der Waals surface area (Å²) in [5.41, 5.74) is 0. The first kappa shape index (κ1) is 8.40. The first-order chi connectivity index (χ1) is 5.20. The monoisotopic (exact) mass is 154 g/mol. The third-order valence-electron chi connectivity index (χ3n) is 2.38. The van der Waals surface area contributed by atoms with Gasteiger partial charge in [0.25, 0.3) is 5.91 Å². The van der Waals surface area contributed by atoms with Crippen LogP contribution in [-0.4, -0.2) is 37.2 Å². The van der Waals surface area contributed by atoms with Gasteiger partial charge in [0, 0.05) is 6.54 Å². The normalized spacial score (nSPS) is 31.1. The highest BCUT2D eigenvalue weighted by Gasteiger charge is 2.39. The molecule has 3 heteroatoms. The molecule has 2 atom stereocenters. The fourth-order valence-corrected chi connectivity index (χ4v) is 1.64. The maximum Gasteiger partial charge on any atom is 0.262 e. The van der Waals surface area contributed by atoms with E-state index in [1.165, 1.54) is 0 Å². The second-order valence-electron chi connectivity index (χ2n) is 3.05. The van der Waals surface area contributed by atoms with Crippen molar-refractivity contribution in [3.05, 3.63) is 0 Å². The molecule has 1 rings (SSSR count). The lowest BCUT2D eigenvalue weighted by molar-refractivity contribution is -0.130. The fourth-order valence-electron chi connectivity index (χ4n) is 1.64. The molecule has 1 saturated heterocycles. The molecular formula is C8H14N2O. The first-order valence-corrected chi connectivity index (χ1v) is 3.91. The number of aliphatic imine (C=N–C) groups is 1. The molecule has 0 N–H and O–H groups in total. The smallest absolute Gasteiger partial charge is 0.262 e. The lowest BCUT2D eigenvalue weighted by Crippen LogP contribution is -2.57. The molecule has 0 aromatic heterocycles. The summed E-state index contributed by atoms with van der Waals surface area (Å²) >= 11 is 0. The molecule has 11 heavy (non-hydrogen) atoms. The third-order valence-corrected chi connectivity index (χ3v) is 2.38. The van der Waals surface area contributed by atoms with E-state index >= 15 is 0 Å². The van der Waals surface area contributed by atoms with Crippen LogP contribution in [0, 0.1) is 5.92 Å². The van der Waals surface area contributed by atoms with Gasteiger partial charge >= 0.3 is 0 Å². The molecular weight excluding hydrogens is 140 g/mol. The van der Waals surface area contributed by atoms with E-state index in [9.17, 15) is 4.79 Å². The van der Waals surface area contributed by atoms with Crippen molar-refractivity contribution in [1.29, 1.82) is 0 Å². The Labute approximate surface area is 67.1 Å². The van der Waals surface area contributed by atoms with Crippen LogP contribution in [0.4, 0.5) is 0 Å². The zero-order valence-electron chi connectivity index (χ0n) is 7.08. The summed E-state index contributed by atoms with van der Waals surface area (Å²) in [5, 5.41) is 0. The number of nitrogens with zero attached hydrogens (tertiary/aromatic N) is 2. The van der Waals surface area contributed by atoms with Gasteiger partial charge in [0.05, 0.1) is 6.04 Å². The molecule has 0 aromatic rings. The Bertz CT molecular complexity index is 179. The summed E-state index contributed by atoms with van der Waals surface area (Å²) in [6.07, 6.45) is 1.05. The Morgan fingerprint density at radius 1 is 1.82 bits per heavy atom. The van der Waals surface area contributed by atoms with Crippen molar-refractivity contribution >= 4 is 12.6 Å². The average Bonchev–Trinajstić information content (AvgIpc) is 1.99. The Hall–Kier alpha value is -0.700. The molecule has 62 valence electrons. The number of hydrogen-bond acceptors (Lipinski definition) is 2. The molecule has 0 bridgehead atoms. The summed E-state index contributed by atoms with van der Waals surface area (Å²) in [6.45, 7) is 6.36. The Morgan fingerprint density at radius 3 is 2.82 bits per heavy atom. The van der Waals surface area contributed by atoms with Gasteiger partial charge in [0.2, 0.25) is 0 Å². The molecule has 0 saturated carbocycles. The standard InChI is InChI=1S/C8H14N2O/c1-4-6-5-10(3)7(6)8(11)9-2/h6-7H,2,4-5H2,1,3H3. The van der Waals surface area contributed by atoms with Gasteiger partial charge in [-0.25, -0.2) is 4.99 Å². The van der Waals surface area contributed by atoms with Gasteiger partial charge in [0.15, 0.2) is 0 Å². The van der Waals surface area contributed by atoms with Crippen LogP contribution in [0.1, 0.15) is 13.3 Å². The zero-order valence-corrected chi connectivity index (χ0v) is 7.08. The van der Waals surface area contributed by atoms with Crippen LogP contribution < -0.4 is 0 Å². The van der Waals surface area contributed by atoms with Crippen LogP contribution in [0.2, 0.25) is 0 Å². The van der Waals surface area contributed by atoms with Crippen LogP contribution in [0.15, 0.2) is 4.99 Å². The van der Waals surface area contributed by atoms with Crippen LogP contribution in [0.3, 0.4) is 0 Å². The molecule has 1 aliphatic heterocycles. The highest BCUT2D eigenvalue weighted by Crippen LogP contribution is 2.26. The minimum absolute atomic E-state index is 0.0116. The fraction of sp³-hybridized carbons (Fsp3) is 0.750. The highest BCUT2D eigenvalue weighted by atomic mass is 16.1. The molecule has 1 aliphatic rings. The summed E-state index contributed by atoms with van der Waals surface area (Å²) < 4.78 is 0. The highest BCUT2D eigenvalue weighted by molar-refractivity contribution is 5.86. The maximum absolute atomic E-state index is 11.1. The molecule has 3 nitrogen and oxygen atoms in total. The van der Waals surface area contributed by atoms with Crippen molar-refractivity contribution in [3.63, 3.8) is 0 Å². The molecule has 0 aliphatic carbocycles. The van der Waals surface area contributed by atoms with Crippen molar-refractivity contribution in [2.75, 3.05) is 13.6 Å². The van der Waals surface area contributed by atoms with E-state index in [1.54, 1.807) is 0 Å². The number of carbonyl (C=O) groups is 1. The number of likely N-dealkylation sites (N-methyl/N-ethyl adjacent to an activating group) is 1. The van der Waals surface area contributed by atoms with E-state index in [2.05, 4.69) is 18.6 Å². The van der Waals surface area contributed by atoms with Gasteiger partial charge in [-0.1, -0.05) is 13.3 Å². The van der Waals surface area contributed by atoms with Gasteiger partial charge in [0.1, 0.15) is 0 Å². The third kappa shape index (κ3) is 1.33. The summed E-state index contributed by atoms with van der Waals surface area (Å²) in [4.78, 5) is 16.6. The van der Waals surface area contributed by atoms with Crippen LogP contribution >= 0.6 is 0 Å². The lowest BCUT2D eigenvalue weighted by atomic mass is 9.86. The molecule has 1 amide bonds. The number of rotatable bonds is 2. The molecule has 0 aromatic carbocycles. The number of hydrogen-bond donors (Lipinski definition) is 0. The van der Waals surface area contributed by atoms with E-state index in [1.807, 2.05) is 11.9 Å². The van der Waals surface area contributed by atoms with Gasteiger partial charge in [-0.15, -0.1) is 0 Å². The number of amides is 1. The minimum atomic E-state index is -0.0781. The van der Waals surface area contributed by atoms with Crippen molar-refractivity contribution < 1.29 is 4.79 Å². The average molecular weight is 154 g/mol. The van der Waals surface area contributed by atoms with E-state index in [4.69, 9.17) is 0 Å². The Balaban J connectivity index is 2.54. The second-order valence-corrected chi connectivity index (χ2v) is 3.05. The molecule has 1 heterocycles. The predicted octanol–water partition coefficient (Wildman–Crippen LogP) is 0.554. The van der Waals surface area contributed by atoms with Gasteiger partial charge in [-0.05, 0) is 19.7 Å². The summed E-state index contributed by atoms with van der Waals surface area (Å²) in [7, 11) is 1.94. The number of carbonyl (C=O) groups excluding carboxylic acids is 1. The first-order valence-electron chi connectivity index (χ1n) is 3.91. The second kappa shape index (κ2) is 3.13. The zero-order chi connectivity index (χ0) is 8.43. The Morgan fingerprint density at radius 2 is 2.45 bits per heavy atom.